The van der Waals surface area contributed by atoms with Gasteiger partial charge in [-0.1, -0.05) is 30.3 Å². The molecule has 24 heavy (non-hydrogen) atoms. The van der Waals surface area contributed by atoms with Crippen LogP contribution in [0.2, 0.25) is 0 Å². The van der Waals surface area contributed by atoms with Crippen LogP contribution in [0.3, 0.4) is 0 Å². The average Bonchev–Trinajstić information content (AvgIpc) is 2.63. The lowest BCUT2D eigenvalue weighted by Gasteiger charge is -2.50. The summed E-state index contributed by atoms with van der Waals surface area (Å²) in [5.41, 5.74) is 1.69. The predicted molar refractivity (Wildman–Crippen MR) is 93.8 cm³/mol. The van der Waals surface area contributed by atoms with E-state index >= 15 is 0 Å². The molecule has 2 aromatic rings. The number of nitrogens with zero attached hydrogens (tertiary/aromatic N) is 3. The number of carbonyl (C=O) groups is 1. The minimum Gasteiger partial charge on any atom is -0.336 e. The molecule has 5 heteroatoms. The summed E-state index contributed by atoms with van der Waals surface area (Å²) < 4.78 is 0. The second-order valence-electron chi connectivity index (χ2n) is 6.68. The van der Waals surface area contributed by atoms with Crippen molar-refractivity contribution in [3.63, 3.8) is 0 Å². The van der Waals surface area contributed by atoms with Crippen LogP contribution in [0.4, 0.5) is 5.82 Å². The van der Waals surface area contributed by atoms with E-state index in [2.05, 4.69) is 44.4 Å². The third kappa shape index (κ3) is 2.55. The van der Waals surface area contributed by atoms with Crippen LogP contribution in [0, 0.1) is 0 Å². The molecular formula is C19H22N4O. The van der Waals surface area contributed by atoms with Gasteiger partial charge in [-0.25, -0.2) is 4.98 Å². The average molecular weight is 322 g/mol. The number of amides is 1. The van der Waals surface area contributed by atoms with Crippen LogP contribution in [0.5, 0.6) is 0 Å². The minimum absolute atomic E-state index is 0.00675. The maximum Gasteiger partial charge on any atom is 0.256 e. The van der Waals surface area contributed by atoms with Crippen molar-refractivity contribution in [2.75, 3.05) is 25.0 Å². The number of hydrogen-bond acceptors (Lipinski definition) is 4. The molecule has 4 rings (SSSR count). The topological polar surface area (TPSA) is 48.5 Å². The summed E-state index contributed by atoms with van der Waals surface area (Å²) in [4.78, 5) is 21.5. The molecule has 1 aromatic carbocycles. The summed E-state index contributed by atoms with van der Waals surface area (Å²) >= 11 is 0. The Morgan fingerprint density at radius 3 is 2.62 bits per heavy atom. The molecule has 1 N–H and O–H groups in total. The van der Waals surface area contributed by atoms with Gasteiger partial charge in [0.2, 0.25) is 0 Å². The molecule has 1 saturated heterocycles. The first-order valence-corrected chi connectivity index (χ1v) is 8.46. The summed E-state index contributed by atoms with van der Waals surface area (Å²) in [6, 6.07) is 14.2. The molecule has 0 aliphatic carbocycles. The van der Waals surface area contributed by atoms with Crippen LogP contribution < -0.4 is 10.2 Å². The number of piperidine rings is 1. The van der Waals surface area contributed by atoms with Crippen molar-refractivity contribution in [2.45, 2.75) is 25.0 Å². The fraction of sp³-hybridized carbons (Fsp3) is 0.368. The van der Waals surface area contributed by atoms with Crippen molar-refractivity contribution in [1.82, 2.24) is 15.2 Å². The fourth-order valence-electron chi connectivity index (χ4n) is 3.79. The third-order valence-electron chi connectivity index (χ3n) is 5.27. The van der Waals surface area contributed by atoms with E-state index in [-0.39, 0.29) is 11.6 Å². The largest absolute Gasteiger partial charge is 0.336 e. The molecule has 0 unspecified atom stereocenters. The highest BCUT2D eigenvalue weighted by Gasteiger charge is 2.44. The van der Waals surface area contributed by atoms with Gasteiger partial charge in [-0.15, -0.1) is 0 Å². The van der Waals surface area contributed by atoms with Crippen molar-refractivity contribution in [3.8, 4) is 0 Å². The van der Waals surface area contributed by atoms with Crippen LogP contribution in [0.15, 0.2) is 48.7 Å². The Morgan fingerprint density at radius 1 is 1.12 bits per heavy atom. The molecule has 1 spiro atoms. The van der Waals surface area contributed by atoms with E-state index in [1.54, 1.807) is 6.20 Å². The summed E-state index contributed by atoms with van der Waals surface area (Å²) in [5, 5.41) is 3.24. The van der Waals surface area contributed by atoms with E-state index in [1.165, 1.54) is 5.56 Å². The molecule has 1 amide bonds. The number of likely N-dealkylation sites (tertiary alicyclic amines) is 1. The number of benzene rings is 1. The molecule has 1 fully saturated rings. The van der Waals surface area contributed by atoms with Gasteiger partial charge in [-0.05, 0) is 17.7 Å². The van der Waals surface area contributed by atoms with Gasteiger partial charge < -0.3 is 10.2 Å². The fourth-order valence-corrected chi connectivity index (χ4v) is 3.79. The van der Waals surface area contributed by atoms with Crippen LogP contribution >= 0.6 is 0 Å². The molecular weight excluding hydrogens is 300 g/mol. The first kappa shape index (κ1) is 15.1. The molecule has 5 nitrogen and oxygen atoms in total. The lowest BCUT2D eigenvalue weighted by molar-refractivity contribution is 0.0771. The Kier molecular flexibility index (Phi) is 3.73. The number of carbonyl (C=O) groups excluding carboxylic acids is 1. The van der Waals surface area contributed by atoms with Crippen LogP contribution in [0.25, 0.3) is 0 Å². The number of nitrogens with one attached hydrogen (secondary N) is 1. The Morgan fingerprint density at radius 2 is 1.88 bits per heavy atom. The van der Waals surface area contributed by atoms with Crippen LogP contribution in [-0.4, -0.2) is 41.6 Å². The Labute approximate surface area is 142 Å². The number of anilines is 1. The number of rotatable bonds is 2. The van der Waals surface area contributed by atoms with Gasteiger partial charge in [-0.2, -0.15) is 0 Å². The number of fused-ring (bicyclic) bond motifs is 1. The van der Waals surface area contributed by atoms with Gasteiger partial charge >= 0.3 is 0 Å². The quantitative estimate of drug-likeness (QED) is 0.921. The van der Waals surface area contributed by atoms with Crippen molar-refractivity contribution in [2.24, 2.45) is 0 Å². The van der Waals surface area contributed by atoms with Crippen LogP contribution in [-0.2, 0) is 6.54 Å². The van der Waals surface area contributed by atoms with E-state index in [9.17, 15) is 4.79 Å². The molecule has 0 atom stereocenters. The normalized spacial score (nSPS) is 19.9. The zero-order valence-electron chi connectivity index (χ0n) is 13.9. The highest BCUT2D eigenvalue weighted by atomic mass is 16.2. The SMILES string of the molecule is CN1c2ncccc2C(=O)NC12CCN(Cc1ccccc1)CC2. The number of hydrogen-bond donors (Lipinski definition) is 1. The molecule has 0 bridgehead atoms. The lowest BCUT2D eigenvalue weighted by atomic mass is 9.91. The van der Waals surface area contributed by atoms with Gasteiger partial charge in [0.1, 0.15) is 11.5 Å². The van der Waals surface area contributed by atoms with Gasteiger partial charge in [0.25, 0.3) is 5.91 Å². The lowest BCUT2D eigenvalue weighted by Crippen LogP contribution is -2.66. The minimum atomic E-state index is -0.314. The molecule has 2 aliphatic heterocycles. The first-order chi connectivity index (χ1) is 11.7. The van der Waals surface area contributed by atoms with E-state index in [1.807, 2.05) is 25.2 Å². The van der Waals surface area contributed by atoms with Crippen LogP contribution in [0.1, 0.15) is 28.8 Å². The molecule has 0 radical (unpaired) electrons. The van der Waals surface area contributed by atoms with E-state index in [0.717, 1.165) is 38.3 Å². The van der Waals surface area contributed by atoms with Gasteiger partial charge in [0, 0.05) is 45.7 Å². The Bertz CT molecular complexity index is 738. The summed E-state index contributed by atoms with van der Waals surface area (Å²) in [6.45, 7) is 2.88. The smallest absolute Gasteiger partial charge is 0.256 e. The zero-order chi connectivity index (χ0) is 16.6. The predicted octanol–water partition coefficient (Wildman–Crippen LogP) is 2.25. The van der Waals surface area contributed by atoms with Gasteiger partial charge in [0.05, 0.1) is 5.56 Å². The van der Waals surface area contributed by atoms with E-state index in [4.69, 9.17) is 0 Å². The summed E-state index contributed by atoms with van der Waals surface area (Å²) in [5.74, 6) is 0.783. The third-order valence-corrected chi connectivity index (χ3v) is 5.27. The Hall–Kier alpha value is -2.40. The maximum atomic E-state index is 12.5. The Balaban J connectivity index is 1.50. The summed E-state index contributed by atoms with van der Waals surface area (Å²) in [6.07, 6.45) is 3.56. The number of pyridine rings is 1. The van der Waals surface area contributed by atoms with E-state index < -0.39 is 0 Å². The first-order valence-electron chi connectivity index (χ1n) is 8.46. The number of aromatic nitrogens is 1. The molecule has 1 aromatic heterocycles. The van der Waals surface area contributed by atoms with E-state index in [0.29, 0.717) is 5.56 Å². The van der Waals surface area contributed by atoms with Gasteiger partial charge in [-0.3, -0.25) is 9.69 Å². The van der Waals surface area contributed by atoms with Crippen molar-refractivity contribution in [1.29, 1.82) is 0 Å². The highest BCUT2D eigenvalue weighted by Crippen LogP contribution is 2.34. The molecule has 3 heterocycles. The maximum absolute atomic E-state index is 12.5. The van der Waals surface area contributed by atoms with Crippen molar-refractivity contribution >= 4 is 11.7 Å². The summed E-state index contributed by atoms with van der Waals surface area (Å²) in [7, 11) is 2.04. The second kappa shape index (κ2) is 5.91. The van der Waals surface area contributed by atoms with Crippen molar-refractivity contribution in [3.05, 3.63) is 59.8 Å². The van der Waals surface area contributed by atoms with Gasteiger partial charge in [0.15, 0.2) is 0 Å². The monoisotopic (exact) mass is 322 g/mol. The molecule has 0 saturated carbocycles. The molecule has 2 aliphatic rings. The van der Waals surface area contributed by atoms with Crippen molar-refractivity contribution < 1.29 is 4.79 Å². The zero-order valence-corrected chi connectivity index (χ0v) is 13.9. The highest BCUT2D eigenvalue weighted by molar-refractivity contribution is 6.01. The molecule has 124 valence electrons. The second-order valence-corrected chi connectivity index (χ2v) is 6.68. The standard InChI is InChI=1S/C19H22N4O/c1-22-17-16(8-5-11-20-17)18(24)21-19(22)9-12-23(13-10-19)14-15-6-3-2-4-7-15/h2-8,11H,9-10,12-14H2,1H3,(H,21,24).